The summed E-state index contributed by atoms with van der Waals surface area (Å²) in [7, 11) is 0. The number of hydrogen-bond acceptors (Lipinski definition) is 1. The maximum absolute atomic E-state index is 6.12. The summed E-state index contributed by atoms with van der Waals surface area (Å²) in [6, 6.07) is 8.43. The van der Waals surface area contributed by atoms with E-state index in [0.29, 0.717) is 5.92 Å². The zero-order valence-corrected chi connectivity index (χ0v) is 10.4. The molecule has 2 unspecified atom stereocenters. The lowest BCUT2D eigenvalue weighted by atomic mass is 9.95. The van der Waals surface area contributed by atoms with Crippen LogP contribution in [0, 0.1) is 5.92 Å². The van der Waals surface area contributed by atoms with Crippen LogP contribution in [0.3, 0.4) is 0 Å². The van der Waals surface area contributed by atoms with Gasteiger partial charge in [-0.15, -0.1) is 0 Å². The Kier molecular flexibility index (Phi) is 4.63. The molecule has 0 heterocycles. The van der Waals surface area contributed by atoms with E-state index in [1.165, 1.54) is 12.0 Å². The van der Waals surface area contributed by atoms with Crippen molar-refractivity contribution in [2.24, 2.45) is 11.7 Å². The summed E-state index contributed by atoms with van der Waals surface area (Å²) in [5, 5.41) is 0. The molecule has 2 N–H and O–H groups in total. The van der Waals surface area contributed by atoms with Crippen molar-refractivity contribution >= 4 is 15.9 Å². The molecule has 14 heavy (non-hydrogen) atoms. The van der Waals surface area contributed by atoms with Crippen LogP contribution < -0.4 is 5.73 Å². The van der Waals surface area contributed by atoms with E-state index in [1.54, 1.807) is 0 Å². The predicted molar refractivity (Wildman–Crippen MR) is 65.1 cm³/mol. The molecule has 0 fully saturated rings. The average molecular weight is 256 g/mol. The first kappa shape index (κ1) is 11.7. The lowest BCUT2D eigenvalue weighted by molar-refractivity contribution is 0.461. The highest BCUT2D eigenvalue weighted by Crippen LogP contribution is 2.22. The van der Waals surface area contributed by atoms with Gasteiger partial charge in [0.15, 0.2) is 0 Å². The van der Waals surface area contributed by atoms with Crippen molar-refractivity contribution in [2.75, 3.05) is 0 Å². The van der Waals surface area contributed by atoms with Gasteiger partial charge in [-0.3, -0.25) is 0 Å². The first-order chi connectivity index (χ1) is 6.63. The number of benzene rings is 1. The highest BCUT2D eigenvalue weighted by molar-refractivity contribution is 9.10. The third kappa shape index (κ3) is 3.43. The monoisotopic (exact) mass is 255 g/mol. The third-order valence-corrected chi connectivity index (χ3v) is 3.12. The number of rotatable bonds is 4. The molecule has 0 saturated carbocycles. The minimum absolute atomic E-state index is 0.169. The Morgan fingerprint density at radius 1 is 1.43 bits per heavy atom. The van der Waals surface area contributed by atoms with Gasteiger partial charge in [-0.1, -0.05) is 48.3 Å². The fourth-order valence-corrected chi connectivity index (χ4v) is 1.89. The molecule has 0 aliphatic rings. The molecule has 2 heteroatoms. The van der Waals surface area contributed by atoms with E-state index in [0.717, 1.165) is 10.9 Å². The second-order valence-electron chi connectivity index (χ2n) is 3.91. The molecule has 0 aromatic heterocycles. The Morgan fingerprint density at radius 2 is 2.14 bits per heavy atom. The molecule has 0 bridgehead atoms. The molecule has 0 spiro atoms. The normalized spacial score (nSPS) is 15.1. The van der Waals surface area contributed by atoms with Crippen LogP contribution in [0.4, 0.5) is 0 Å². The van der Waals surface area contributed by atoms with Gasteiger partial charge in [-0.25, -0.2) is 0 Å². The van der Waals surface area contributed by atoms with E-state index in [9.17, 15) is 0 Å². The molecular formula is C12H18BrN. The highest BCUT2D eigenvalue weighted by atomic mass is 79.9. The fraction of sp³-hybridized carbons (Fsp3) is 0.500. The van der Waals surface area contributed by atoms with Crippen LogP contribution >= 0.6 is 15.9 Å². The second-order valence-corrected chi connectivity index (χ2v) is 4.83. The van der Waals surface area contributed by atoms with Crippen molar-refractivity contribution in [3.05, 3.63) is 34.3 Å². The maximum atomic E-state index is 6.12. The molecule has 0 radical (unpaired) electrons. The predicted octanol–water partition coefficient (Wildman–Crippen LogP) is 3.89. The zero-order valence-electron chi connectivity index (χ0n) is 8.83. The van der Waals surface area contributed by atoms with Gasteiger partial charge in [0.05, 0.1) is 0 Å². The SMILES string of the molecule is CCC(C)CC(N)c1cccc(Br)c1. The first-order valence-corrected chi connectivity index (χ1v) is 5.93. The van der Waals surface area contributed by atoms with Gasteiger partial charge in [0.2, 0.25) is 0 Å². The van der Waals surface area contributed by atoms with Crippen LogP contribution in [0.1, 0.15) is 38.3 Å². The van der Waals surface area contributed by atoms with Crippen molar-refractivity contribution < 1.29 is 0 Å². The maximum Gasteiger partial charge on any atom is 0.0297 e. The van der Waals surface area contributed by atoms with E-state index < -0.39 is 0 Å². The summed E-state index contributed by atoms with van der Waals surface area (Å²) in [4.78, 5) is 0. The van der Waals surface area contributed by atoms with Crippen LogP contribution in [-0.4, -0.2) is 0 Å². The Hall–Kier alpha value is -0.340. The fourth-order valence-electron chi connectivity index (χ4n) is 1.47. The van der Waals surface area contributed by atoms with E-state index in [-0.39, 0.29) is 6.04 Å². The van der Waals surface area contributed by atoms with Gasteiger partial charge in [0.1, 0.15) is 0 Å². The Balaban J connectivity index is 2.64. The van der Waals surface area contributed by atoms with E-state index >= 15 is 0 Å². The van der Waals surface area contributed by atoms with Gasteiger partial charge in [-0.05, 0) is 30.0 Å². The molecule has 0 aliphatic heterocycles. The summed E-state index contributed by atoms with van der Waals surface area (Å²) in [6.07, 6.45) is 2.26. The van der Waals surface area contributed by atoms with Crippen molar-refractivity contribution in [3.8, 4) is 0 Å². The number of halogens is 1. The van der Waals surface area contributed by atoms with Crippen molar-refractivity contribution in [2.45, 2.75) is 32.7 Å². The molecule has 1 aromatic carbocycles. The molecule has 1 nitrogen and oxygen atoms in total. The Labute approximate surface area is 94.8 Å². The minimum atomic E-state index is 0.169. The van der Waals surface area contributed by atoms with Crippen molar-refractivity contribution in [1.82, 2.24) is 0 Å². The molecule has 2 atom stereocenters. The number of hydrogen-bond donors (Lipinski definition) is 1. The Bertz CT molecular complexity index is 285. The summed E-state index contributed by atoms with van der Waals surface area (Å²) < 4.78 is 1.11. The molecule has 0 amide bonds. The van der Waals surface area contributed by atoms with Gasteiger partial charge < -0.3 is 5.73 Å². The molecule has 78 valence electrons. The van der Waals surface area contributed by atoms with Gasteiger partial charge >= 0.3 is 0 Å². The van der Waals surface area contributed by atoms with Crippen molar-refractivity contribution in [3.63, 3.8) is 0 Å². The largest absolute Gasteiger partial charge is 0.324 e. The van der Waals surface area contributed by atoms with Crippen LogP contribution in [0.25, 0.3) is 0 Å². The second kappa shape index (κ2) is 5.52. The summed E-state index contributed by atoms with van der Waals surface area (Å²) >= 11 is 3.46. The smallest absolute Gasteiger partial charge is 0.0297 e. The van der Waals surface area contributed by atoms with E-state index in [4.69, 9.17) is 5.73 Å². The van der Waals surface area contributed by atoms with Crippen molar-refractivity contribution in [1.29, 1.82) is 0 Å². The quantitative estimate of drug-likeness (QED) is 0.869. The molecule has 1 aromatic rings. The number of nitrogens with two attached hydrogens (primary N) is 1. The summed E-state index contributed by atoms with van der Waals surface area (Å²) in [5.74, 6) is 0.698. The lowest BCUT2D eigenvalue weighted by Crippen LogP contribution is -2.13. The van der Waals surface area contributed by atoms with Gasteiger partial charge in [0.25, 0.3) is 0 Å². The zero-order chi connectivity index (χ0) is 10.6. The Morgan fingerprint density at radius 3 is 2.71 bits per heavy atom. The first-order valence-electron chi connectivity index (χ1n) is 5.14. The van der Waals surface area contributed by atoms with Crippen LogP contribution in [0.15, 0.2) is 28.7 Å². The summed E-state index contributed by atoms with van der Waals surface area (Å²) in [6.45, 7) is 4.45. The third-order valence-electron chi connectivity index (χ3n) is 2.63. The molecular weight excluding hydrogens is 238 g/mol. The molecule has 0 saturated heterocycles. The van der Waals surface area contributed by atoms with Crippen LogP contribution in [-0.2, 0) is 0 Å². The van der Waals surface area contributed by atoms with Crippen LogP contribution in [0.5, 0.6) is 0 Å². The topological polar surface area (TPSA) is 26.0 Å². The summed E-state index contributed by atoms with van der Waals surface area (Å²) in [5.41, 5.74) is 7.34. The van der Waals surface area contributed by atoms with E-state index in [2.05, 4.69) is 41.9 Å². The molecule has 0 aliphatic carbocycles. The average Bonchev–Trinajstić information content (AvgIpc) is 2.17. The van der Waals surface area contributed by atoms with Crippen LogP contribution in [0.2, 0.25) is 0 Å². The molecule has 1 rings (SSSR count). The lowest BCUT2D eigenvalue weighted by Gasteiger charge is -2.16. The van der Waals surface area contributed by atoms with Gasteiger partial charge in [-0.2, -0.15) is 0 Å². The minimum Gasteiger partial charge on any atom is -0.324 e. The van der Waals surface area contributed by atoms with Gasteiger partial charge in [0, 0.05) is 10.5 Å². The standard InChI is InChI=1S/C12H18BrN/c1-3-9(2)7-12(14)10-5-4-6-11(13)8-10/h4-6,8-9,12H,3,7,14H2,1-2H3. The van der Waals surface area contributed by atoms with E-state index in [1.807, 2.05) is 12.1 Å². The highest BCUT2D eigenvalue weighted by Gasteiger charge is 2.09.